The molecular weight excluding hydrogens is 404 g/mol. The van der Waals surface area contributed by atoms with Crippen LogP contribution in [0, 0.1) is 5.92 Å². The van der Waals surface area contributed by atoms with Crippen molar-refractivity contribution in [2.24, 2.45) is 5.92 Å². The van der Waals surface area contributed by atoms with Crippen LogP contribution in [0.4, 0.5) is 11.4 Å². The van der Waals surface area contributed by atoms with Crippen molar-refractivity contribution in [3.8, 4) is 0 Å². The van der Waals surface area contributed by atoms with E-state index in [1.165, 1.54) is 25.1 Å². The quantitative estimate of drug-likeness (QED) is 0.766. The highest BCUT2D eigenvalue weighted by Gasteiger charge is 2.42. The van der Waals surface area contributed by atoms with Gasteiger partial charge in [0.15, 0.2) is 5.78 Å². The lowest BCUT2D eigenvalue weighted by Crippen LogP contribution is -2.30. The van der Waals surface area contributed by atoms with Crippen LogP contribution in [0.25, 0.3) is 0 Å². The Morgan fingerprint density at radius 3 is 2.46 bits per heavy atom. The second-order valence-corrected chi connectivity index (χ2v) is 8.81. The van der Waals surface area contributed by atoms with Crippen molar-refractivity contribution in [2.75, 3.05) is 15.4 Å². The van der Waals surface area contributed by atoms with Gasteiger partial charge in [-0.25, -0.2) is 12.7 Å². The van der Waals surface area contributed by atoms with E-state index in [-0.39, 0.29) is 27.8 Å². The van der Waals surface area contributed by atoms with Gasteiger partial charge in [-0.15, -0.1) is 0 Å². The zero-order valence-corrected chi connectivity index (χ0v) is 16.7. The molecule has 3 rings (SSSR count). The number of nitrogens with zero attached hydrogens (tertiary/aromatic N) is 1. The molecule has 2 aromatic rings. The highest BCUT2D eigenvalue weighted by Crippen LogP contribution is 2.31. The number of sulfonamides is 1. The number of halogens is 1. The Morgan fingerprint density at radius 2 is 1.89 bits per heavy atom. The summed E-state index contributed by atoms with van der Waals surface area (Å²) in [6.07, 6.45) is 0. The third-order valence-electron chi connectivity index (χ3n) is 4.32. The molecule has 0 aliphatic carbocycles. The van der Waals surface area contributed by atoms with Gasteiger partial charge < -0.3 is 5.32 Å². The fourth-order valence-electron chi connectivity index (χ4n) is 2.92. The van der Waals surface area contributed by atoms with Crippen molar-refractivity contribution >= 4 is 50.6 Å². The van der Waals surface area contributed by atoms with E-state index in [4.69, 9.17) is 11.6 Å². The zero-order chi connectivity index (χ0) is 20.6. The van der Waals surface area contributed by atoms with Crippen LogP contribution in [0.1, 0.15) is 34.6 Å². The highest BCUT2D eigenvalue weighted by atomic mass is 35.5. The largest absolute Gasteiger partial charge is 0.322 e. The Labute approximate surface area is 167 Å². The van der Waals surface area contributed by atoms with E-state index >= 15 is 0 Å². The van der Waals surface area contributed by atoms with Crippen LogP contribution in [0.15, 0.2) is 42.5 Å². The predicted octanol–water partition coefficient (Wildman–Crippen LogP) is 3.11. The van der Waals surface area contributed by atoms with E-state index in [0.29, 0.717) is 11.3 Å². The first-order valence-corrected chi connectivity index (χ1v) is 10.4. The van der Waals surface area contributed by atoms with Crippen LogP contribution >= 0.6 is 11.6 Å². The first kappa shape index (κ1) is 20.0. The third kappa shape index (κ3) is 3.79. The number of Topliss-reactive ketones (excluding diaryl/α,β-unsaturated/α-hetero) is 1. The number of hydrogen-bond acceptors (Lipinski definition) is 5. The molecule has 7 nitrogen and oxygen atoms in total. The Bertz CT molecular complexity index is 1100. The number of amides is 2. The maximum absolute atomic E-state index is 12.5. The summed E-state index contributed by atoms with van der Waals surface area (Å²) in [5.41, 5.74) is 1.07. The molecule has 1 N–H and O–H groups in total. The second-order valence-electron chi connectivity index (χ2n) is 6.54. The molecule has 2 amide bonds. The summed E-state index contributed by atoms with van der Waals surface area (Å²) in [6, 6.07) is 10.4. The number of ketones is 1. The average molecular weight is 421 g/mol. The van der Waals surface area contributed by atoms with Crippen LogP contribution in [-0.4, -0.2) is 31.8 Å². The predicted molar refractivity (Wildman–Crippen MR) is 106 cm³/mol. The van der Waals surface area contributed by atoms with E-state index in [1.54, 1.807) is 31.2 Å². The molecular formula is C19H17ClN2O5S. The lowest BCUT2D eigenvalue weighted by atomic mass is 10.1. The van der Waals surface area contributed by atoms with Crippen LogP contribution in [0.2, 0.25) is 5.02 Å². The van der Waals surface area contributed by atoms with Gasteiger partial charge in [-0.3, -0.25) is 14.4 Å². The summed E-state index contributed by atoms with van der Waals surface area (Å²) in [5.74, 6) is -2.10. The van der Waals surface area contributed by atoms with Gasteiger partial charge in [0.05, 0.1) is 27.9 Å². The summed E-state index contributed by atoms with van der Waals surface area (Å²) in [5, 5.41) is 2.64. The lowest BCUT2D eigenvalue weighted by Gasteiger charge is -2.16. The number of benzene rings is 2. The number of nitrogens with one attached hydrogen (secondary N) is 1. The van der Waals surface area contributed by atoms with Crippen molar-refractivity contribution in [1.82, 2.24) is 0 Å². The second kappa shape index (κ2) is 7.37. The van der Waals surface area contributed by atoms with Gasteiger partial charge in [0, 0.05) is 11.3 Å². The van der Waals surface area contributed by atoms with Gasteiger partial charge in [0.25, 0.3) is 5.91 Å². The molecule has 1 heterocycles. The van der Waals surface area contributed by atoms with Crippen molar-refractivity contribution in [3.63, 3.8) is 0 Å². The molecule has 1 aliphatic rings. The van der Waals surface area contributed by atoms with Crippen LogP contribution in [-0.2, 0) is 14.8 Å². The fourth-order valence-corrected chi connectivity index (χ4v) is 4.99. The van der Waals surface area contributed by atoms with Crippen LogP contribution in [0.5, 0.6) is 0 Å². The summed E-state index contributed by atoms with van der Waals surface area (Å²) in [6.45, 7) is 2.96. The zero-order valence-electron chi connectivity index (χ0n) is 15.1. The number of carbonyl (C=O) groups is 3. The number of hydrogen-bond donors (Lipinski definition) is 1. The van der Waals surface area contributed by atoms with Gasteiger partial charge in [-0.1, -0.05) is 30.7 Å². The molecule has 9 heteroatoms. The molecule has 0 saturated carbocycles. The summed E-state index contributed by atoms with van der Waals surface area (Å²) >= 11 is 6.18. The summed E-state index contributed by atoms with van der Waals surface area (Å²) in [7, 11) is -3.76. The minimum atomic E-state index is -3.76. The molecule has 28 heavy (non-hydrogen) atoms. The molecule has 1 aliphatic heterocycles. The van der Waals surface area contributed by atoms with Gasteiger partial charge in [0.1, 0.15) is 0 Å². The van der Waals surface area contributed by atoms with E-state index in [0.717, 1.165) is 4.31 Å². The molecule has 0 aromatic heterocycles. The highest BCUT2D eigenvalue weighted by molar-refractivity contribution is 7.94. The maximum Gasteiger partial charge on any atom is 0.257 e. The normalized spacial score (nSPS) is 18.2. The van der Waals surface area contributed by atoms with Gasteiger partial charge in [0.2, 0.25) is 15.9 Å². The van der Waals surface area contributed by atoms with Crippen molar-refractivity contribution in [2.45, 2.75) is 13.8 Å². The molecule has 0 spiro atoms. The number of anilines is 2. The average Bonchev–Trinajstić information content (AvgIpc) is 2.82. The van der Waals surface area contributed by atoms with Gasteiger partial charge in [-0.05, 0) is 37.3 Å². The number of rotatable bonds is 4. The molecule has 0 unspecified atom stereocenters. The topological polar surface area (TPSA) is 101 Å². The van der Waals surface area contributed by atoms with Gasteiger partial charge in [-0.2, -0.15) is 0 Å². The molecule has 1 fully saturated rings. The Balaban J connectivity index is 1.87. The maximum atomic E-state index is 12.5. The molecule has 1 atom stereocenters. The molecule has 1 saturated heterocycles. The van der Waals surface area contributed by atoms with E-state index < -0.39 is 27.8 Å². The minimum absolute atomic E-state index is 0.000255. The van der Waals surface area contributed by atoms with E-state index in [2.05, 4.69) is 5.32 Å². The van der Waals surface area contributed by atoms with Crippen molar-refractivity contribution in [3.05, 3.63) is 58.6 Å². The molecule has 2 aromatic carbocycles. The molecule has 0 radical (unpaired) electrons. The Kier molecular flexibility index (Phi) is 5.27. The molecule has 0 bridgehead atoms. The van der Waals surface area contributed by atoms with E-state index in [1.807, 2.05) is 0 Å². The first-order valence-electron chi connectivity index (χ1n) is 8.39. The Morgan fingerprint density at radius 1 is 1.18 bits per heavy atom. The van der Waals surface area contributed by atoms with Crippen molar-refractivity contribution in [1.29, 1.82) is 0 Å². The van der Waals surface area contributed by atoms with E-state index in [9.17, 15) is 22.8 Å². The fraction of sp³-hybridized carbons (Fsp3) is 0.211. The minimum Gasteiger partial charge on any atom is -0.322 e. The number of carbonyl (C=O) groups excluding carboxylic acids is 3. The lowest BCUT2D eigenvalue weighted by molar-refractivity contribution is -0.119. The van der Waals surface area contributed by atoms with Gasteiger partial charge >= 0.3 is 0 Å². The summed E-state index contributed by atoms with van der Waals surface area (Å²) in [4.78, 5) is 36.1. The van der Waals surface area contributed by atoms with Crippen molar-refractivity contribution < 1.29 is 22.8 Å². The van der Waals surface area contributed by atoms with Crippen LogP contribution < -0.4 is 9.62 Å². The molecule has 146 valence electrons. The first-order chi connectivity index (χ1) is 13.1. The standard InChI is InChI=1S/C19H17ClN2O5S/c1-11-10-28(26,27)22(19(11)25)15-6-7-16(17(20)9-15)18(24)21-14-5-3-4-13(8-14)12(2)23/h3-9,11H,10H2,1-2H3,(H,21,24)/t11-/m0/s1. The Hall–Kier alpha value is -2.71. The third-order valence-corrected chi connectivity index (χ3v) is 6.50. The van der Waals surface area contributed by atoms with Crippen LogP contribution in [0.3, 0.4) is 0 Å². The smallest absolute Gasteiger partial charge is 0.257 e. The monoisotopic (exact) mass is 420 g/mol. The SMILES string of the molecule is CC(=O)c1cccc(NC(=O)c2ccc(N3C(=O)[C@@H](C)CS3(=O)=O)cc2Cl)c1. The summed E-state index contributed by atoms with van der Waals surface area (Å²) < 4.78 is 25.1.